The first-order valence-electron chi connectivity index (χ1n) is 6.44. The standard InChI is InChI=1S/C11H22N6S/c1-3-9-7-16(2)5-4-6-17(9)8-10-14-15-11(13-12)18-10/h9H,3-8,12H2,1-2H3,(H,13,15). The van der Waals surface area contributed by atoms with E-state index in [1.807, 2.05) is 0 Å². The second kappa shape index (κ2) is 6.42. The van der Waals surface area contributed by atoms with Crippen molar-refractivity contribution < 1.29 is 0 Å². The van der Waals surface area contributed by atoms with Crippen molar-refractivity contribution in [3.05, 3.63) is 5.01 Å². The average molecular weight is 270 g/mol. The van der Waals surface area contributed by atoms with Crippen LogP contribution in [0.15, 0.2) is 0 Å². The zero-order chi connectivity index (χ0) is 13.0. The Bertz CT molecular complexity index is 368. The quantitative estimate of drug-likeness (QED) is 0.621. The molecular weight excluding hydrogens is 248 g/mol. The monoisotopic (exact) mass is 270 g/mol. The summed E-state index contributed by atoms with van der Waals surface area (Å²) in [4.78, 5) is 4.94. The highest BCUT2D eigenvalue weighted by molar-refractivity contribution is 7.15. The van der Waals surface area contributed by atoms with Crippen LogP contribution in [0, 0.1) is 0 Å². The fraction of sp³-hybridized carbons (Fsp3) is 0.818. The van der Waals surface area contributed by atoms with Gasteiger partial charge in [0.05, 0.1) is 6.54 Å². The van der Waals surface area contributed by atoms with Crippen molar-refractivity contribution in [3.8, 4) is 0 Å². The molecule has 0 spiro atoms. The van der Waals surface area contributed by atoms with Crippen molar-refractivity contribution in [1.82, 2.24) is 20.0 Å². The Balaban J connectivity index is 2.01. The molecule has 0 aromatic carbocycles. The highest BCUT2D eigenvalue weighted by Crippen LogP contribution is 2.19. The SMILES string of the molecule is CCC1CN(C)CCCN1Cc1nnc(NN)s1. The molecule has 18 heavy (non-hydrogen) atoms. The molecule has 0 radical (unpaired) electrons. The van der Waals surface area contributed by atoms with Gasteiger partial charge in [-0.2, -0.15) is 0 Å². The molecule has 1 fully saturated rings. The molecule has 1 unspecified atom stereocenters. The molecule has 1 atom stereocenters. The molecule has 0 bridgehead atoms. The van der Waals surface area contributed by atoms with Gasteiger partial charge in [-0.3, -0.25) is 10.3 Å². The Morgan fingerprint density at radius 2 is 2.28 bits per heavy atom. The van der Waals surface area contributed by atoms with E-state index in [1.165, 1.54) is 30.7 Å². The number of anilines is 1. The largest absolute Gasteiger partial charge is 0.305 e. The molecule has 1 aliphatic heterocycles. The van der Waals surface area contributed by atoms with Crippen molar-refractivity contribution in [3.63, 3.8) is 0 Å². The predicted octanol–water partition coefficient (Wildman–Crippen LogP) is 0.740. The van der Waals surface area contributed by atoms with E-state index in [1.54, 1.807) is 0 Å². The molecule has 2 heterocycles. The van der Waals surface area contributed by atoms with Crippen LogP contribution in [0.5, 0.6) is 0 Å². The van der Waals surface area contributed by atoms with Gasteiger partial charge in [0, 0.05) is 19.1 Å². The maximum Gasteiger partial charge on any atom is 0.219 e. The third-order valence-electron chi connectivity index (χ3n) is 3.42. The van der Waals surface area contributed by atoms with Crippen LogP contribution in [0.1, 0.15) is 24.8 Å². The van der Waals surface area contributed by atoms with Gasteiger partial charge in [-0.25, -0.2) is 5.84 Å². The van der Waals surface area contributed by atoms with Crippen LogP contribution in [0.4, 0.5) is 5.13 Å². The Kier molecular flexibility index (Phi) is 4.87. The van der Waals surface area contributed by atoms with E-state index in [9.17, 15) is 0 Å². The van der Waals surface area contributed by atoms with Crippen molar-refractivity contribution >= 4 is 16.5 Å². The predicted molar refractivity (Wildman–Crippen MR) is 74.3 cm³/mol. The summed E-state index contributed by atoms with van der Waals surface area (Å²) in [6.45, 7) is 6.58. The van der Waals surface area contributed by atoms with Gasteiger partial charge in [-0.1, -0.05) is 18.3 Å². The van der Waals surface area contributed by atoms with E-state index in [0.717, 1.165) is 24.6 Å². The van der Waals surface area contributed by atoms with E-state index in [2.05, 4.69) is 39.4 Å². The smallest absolute Gasteiger partial charge is 0.219 e. The molecule has 3 N–H and O–H groups in total. The first-order chi connectivity index (χ1) is 8.72. The lowest BCUT2D eigenvalue weighted by molar-refractivity contribution is 0.175. The molecule has 1 aliphatic rings. The molecular formula is C11H22N6S. The first-order valence-corrected chi connectivity index (χ1v) is 7.26. The number of hydrogen-bond donors (Lipinski definition) is 2. The van der Waals surface area contributed by atoms with Crippen LogP contribution in [-0.4, -0.2) is 52.7 Å². The molecule has 102 valence electrons. The highest BCUT2D eigenvalue weighted by Gasteiger charge is 2.23. The summed E-state index contributed by atoms with van der Waals surface area (Å²) in [5.74, 6) is 5.33. The molecule has 6 nitrogen and oxygen atoms in total. The van der Waals surface area contributed by atoms with Gasteiger partial charge in [0.15, 0.2) is 0 Å². The van der Waals surface area contributed by atoms with Gasteiger partial charge in [-0.15, -0.1) is 10.2 Å². The third-order valence-corrected chi connectivity index (χ3v) is 4.26. The third kappa shape index (κ3) is 3.38. The van der Waals surface area contributed by atoms with E-state index in [-0.39, 0.29) is 0 Å². The van der Waals surface area contributed by atoms with Gasteiger partial charge in [-0.05, 0) is 26.4 Å². The number of nitrogens with one attached hydrogen (secondary N) is 1. The molecule has 7 heteroatoms. The number of nitrogens with two attached hydrogens (primary N) is 1. The van der Waals surface area contributed by atoms with E-state index < -0.39 is 0 Å². The Morgan fingerprint density at radius 1 is 1.44 bits per heavy atom. The van der Waals surface area contributed by atoms with Crippen LogP contribution in [-0.2, 0) is 6.54 Å². The number of hydrogen-bond acceptors (Lipinski definition) is 7. The van der Waals surface area contributed by atoms with E-state index >= 15 is 0 Å². The number of rotatable bonds is 4. The summed E-state index contributed by atoms with van der Waals surface area (Å²) in [6.07, 6.45) is 2.39. The highest BCUT2D eigenvalue weighted by atomic mass is 32.1. The topological polar surface area (TPSA) is 70.3 Å². The first kappa shape index (κ1) is 13.7. The fourth-order valence-electron chi connectivity index (χ4n) is 2.44. The number of nitrogen functional groups attached to an aromatic ring is 1. The van der Waals surface area contributed by atoms with Gasteiger partial charge < -0.3 is 4.90 Å². The normalized spacial score (nSPS) is 22.9. The lowest BCUT2D eigenvalue weighted by Crippen LogP contribution is -2.39. The average Bonchev–Trinajstić information content (AvgIpc) is 2.74. The number of hydrazine groups is 1. The molecule has 0 aliphatic carbocycles. The molecule has 0 amide bonds. The number of aromatic nitrogens is 2. The minimum atomic E-state index is 0.607. The van der Waals surface area contributed by atoms with Gasteiger partial charge >= 0.3 is 0 Å². The Morgan fingerprint density at radius 3 is 2.94 bits per heavy atom. The second-order valence-electron chi connectivity index (χ2n) is 4.79. The maximum absolute atomic E-state index is 5.33. The van der Waals surface area contributed by atoms with Crippen molar-refractivity contribution in [2.75, 3.05) is 32.1 Å². The van der Waals surface area contributed by atoms with Crippen LogP contribution >= 0.6 is 11.3 Å². The van der Waals surface area contributed by atoms with Crippen molar-refractivity contribution in [1.29, 1.82) is 0 Å². The van der Waals surface area contributed by atoms with E-state index in [0.29, 0.717) is 11.2 Å². The zero-order valence-electron chi connectivity index (χ0n) is 11.1. The lowest BCUT2D eigenvalue weighted by Gasteiger charge is -2.29. The lowest BCUT2D eigenvalue weighted by atomic mass is 10.2. The van der Waals surface area contributed by atoms with Gasteiger partial charge in [0.25, 0.3) is 0 Å². The molecule has 1 aromatic rings. The van der Waals surface area contributed by atoms with Crippen LogP contribution < -0.4 is 11.3 Å². The van der Waals surface area contributed by atoms with Crippen LogP contribution in [0.3, 0.4) is 0 Å². The number of nitrogens with zero attached hydrogens (tertiary/aromatic N) is 4. The summed E-state index contributed by atoms with van der Waals surface area (Å²) in [6, 6.07) is 0.607. The summed E-state index contributed by atoms with van der Waals surface area (Å²) in [5.41, 5.74) is 2.55. The molecule has 1 aromatic heterocycles. The van der Waals surface area contributed by atoms with Gasteiger partial charge in [0.2, 0.25) is 5.13 Å². The second-order valence-corrected chi connectivity index (χ2v) is 5.86. The Hall–Kier alpha value is -0.760. The van der Waals surface area contributed by atoms with Crippen LogP contribution in [0.2, 0.25) is 0 Å². The summed E-state index contributed by atoms with van der Waals surface area (Å²) >= 11 is 1.53. The van der Waals surface area contributed by atoms with E-state index in [4.69, 9.17) is 5.84 Å². The summed E-state index contributed by atoms with van der Waals surface area (Å²) in [5, 5.41) is 9.87. The minimum absolute atomic E-state index is 0.607. The summed E-state index contributed by atoms with van der Waals surface area (Å²) < 4.78 is 0. The number of likely N-dealkylation sites (N-methyl/N-ethyl adjacent to an activating group) is 1. The van der Waals surface area contributed by atoms with Gasteiger partial charge in [0.1, 0.15) is 5.01 Å². The van der Waals surface area contributed by atoms with Crippen molar-refractivity contribution in [2.24, 2.45) is 5.84 Å². The zero-order valence-corrected chi connectivity index (χ0v) is 11.9. The maximum atomic E-state index is 5.33. The molecule has 2 rings (SSSR count). The fourth-order valence-corrected chi connectivity index (χ4v) is 3.11. The van der Waals surface area contributed by atoms with Crippen molar-refractivity contribution in [2.45, 2.75) is 32.4 Å². The summed E-state index contributed by atoms with van der Waals surface area (Å²) in [7, 11) is 2.20. The minimum Gasteiger partial charge on any atom is -0.305 e. The molecule has 1 saturated heterocycles. The Labute approximate surface area is 112 Å². The van der Waals surface area contributed by atoms with Crippen LogP contribution in [0.25, 0.3) is 0 Å². The molecule has 0 saturated carbocycles.